The van der Waals surface area contributed by atoms with Crippen molar-refractivity contribution in [3.05, 3.63) is 76.5 Å². The van der Waals surface area contributed by atoms with E-state index in [1.807, 2.05) is 15.7 Å². The number of benzene rings is 2. The number of imidazole rings is 1. The Morgan fingerprint density at radius 3 is 2.76 bits per heavy atom. The predicted octanol–water partition coefficient (Wildman–Crippen LogP) is 4.09. The van der Waals surface area contributed by atoms with Crippen LogP contribution in [0.3, 0.4) is 0 Å². The van der Waals surface area contributed by atoms with Gasteiger partial charge in [0.1, 0.15) is 24.3 Å². The molecule has 3 aromatic rings. The summed E-state index contributed by atoms with van der Waals surface area (Å²) in [6.45, 7) is 4.06. The van der Waals surface area contributed by atoms with Crippen LogP contribution in [0.4, 0.5) is 10.1 Å². The van der Waals surface area contributed by atoms with Gasteiger partial charge in [-0.05, 0) is 24.3 Å². The van der Waals surface area contributed by atoms with E-state index in [-0.39, 0.29) is 25.1 Å². The molecular weight excluding hydrogens is 482 g/mol. The Labute approximate surface area is 207 Å². The van der Waals surface area contributed by atoms with E-state index in [1.54, 1.807) is 42.9 Å². The molecule has 3 heterocycles. The number of ether oxygens (including phenoxy) is 3. The molecule has 0 amide bonds. The van der Waals surface area contributed by atoms with Gasteiger partial charge in [0.25, 0.3) is 0 Å². The summed E-state index contributed by atoms with van der Waals surface area (Å²) in [7, 11) is 0. The lowest BCUT2D eigenvalue weighted by Gasteiger charge is -2.30. The molecule has 0 saturated carbocycles. The van der Waals surface area contributed by atoms with E-state index in [4.69, 9.17) is 37.4 Å². The lowest BCUT2D eigenvalue weighted by molar-refractivity contribution is -0.189. The van der Waals surface area contributed by atoms with Crippen LogP contribution in [0.25, 0.3) is 0 Å². The lowest BCUT2D eigenvalue weighted by Crippen LogP contribution is -2.43. The third kappa shape index (κ3) is 5.01. The Kier molecular flexibility index (Phi) is 6.94. The smallest absolute Gasteiger partial charge is 0.215 e. The summed E-state index contributed by atoms with van der Waals surface area (Å²) in [6, 6.07) is 10.2. The molecule has 2 atom stereocenters. The molecule has 7 nitrogen and oxygen atoms in total. The molecule has 2 saturated heterocycles. The summed E-state index contributed by atoms with van der Waals surface area (Å²) < 4.78 is 35.0. The van der Waals surface area contributed by atoms with Gasteiger partial charge in [-0.15, -0.1) is 0 Å². The largest absolute Gasteiger partial charge is 0.491 e. The number of nitrogens with one attached hydrogen (secondary N) is 1. The molecule has 2 aliphatic heterocycles. The first kappa shape index (κ1) is 23.4. The average molecular weight is 507 g/mol. The predicted molar refractivity (Wildman–Crippen MR) is 128 cm³/mol. The third-order valence-electron chi connectivity index (χ3n) is 5.96. The van der Waals surface area contributed by atoms with Crippen molar-refractivity contribution in [1.29, 1.82) is 0 Å². The lowest BCUT2D eigenvalue weighted by atomic mass is 10.1. The quantitative estimate of drug-likeness (QED) is 0.520. The van der Waals surface area contributed by atoms with Gasteiger partial charge in [0.05, 0.1) is 30.2 Å². The molecule has 0 bridgehead atoms. The molecule has 180 valence electrons. The van der Waals surface area contributed by atoms with Crippen LogP contribution in [-0.2, 0) is 21.8 Å². The van der Waals surface area contributed by atoms with Crippen LogP contribution >= 0.6 is 23.2 Å². The van der Waals surface area contributed by atoms with Crippen molar-refractivity contribution >= 4 is 28.9 Å². The number of nitrogens with zero attached hydrogens (tertiary/aromatic N) is 3. The van der Waals surface area contributed by atoms with Crippen LogP contribution in [0.5, 0.6) is 5.75 Å². The van der Waals surface area contributed by atoms with Gasteiger partial charge in [-0.25, -0.2) is 9.37 Å². The minimum atomic E-state index is -1.13. The summed E-state index contributed by atoms with van der Waals surface area (Å²) in [6.07, 6.45) is 4.81. The fraction of sp³-hybridized carbons (Fsp3) is 0.375. The van der Waals surface area contributed by atoms with Crippen molar-refractivity contribution in [1.82, 2.24) is 14.9 Å². The fourth-order valence-corrected chi connectivity index (χ4v) is 4.86. The van der Waals surface area contributed by atoms with Crippen molar-refractivity contribution in [2.75, 3.05) is 44.3 Å². The monoisotopic (exact) mass is 506 g/mol. The molecule has 0 unspecified atom stereocenters. The highest BCUT2D eigenvalue weighted by Crippen LogP contribution is 2.40. The van der Waals surface area contributed by atoms with Crippen molar-refractivity contribution in [3.8, 4) is 5.75 Å². The van der Waals surface area contributed by atoms with Crippen LogP contribution in [0, 0.1) is 5.82 Å². The van der Waals surface area contributed by atoms with Crippen molar-refractivity contribution in [2.45, 2.75) is 18.4 Å². The number of aromatic nitrogens is 2. The van der Waals surface area contributed by atoms with E-state index in [9.17, 15) is 4.39 Å². The molecule has 10 heteroatoms. The molecule has 2 aliphatic rings. The first-order chi connectivity index (χ1) is 16.5. The fourth-order valence-electron chi connectivity index (χ4n) is 4.30. The minimum Gasteiger partial charge on any atom is -0.491 e. The second-order valence-corrected chi connectivity index (χ2v) is 9.17. The van der Waals surface area contributed by atoms with E-state index in [2.05, 4.69) is 10.3 Å². The van der Waals surface area contributed by atoms with Gasteiger partial charge < -0.3 is 29.0 Å². The standard InChI is InChI=1S/C24H25Cl2FN4O3/c25-17-1-3-20(21(26)11-17)24(15-30-8-5-29-16-30)33-14-19(34-24)13-32-18-2-4-23(22(27)12-18)31-9-6-28-7-10-31/h1-5,8,11-12,16,19,28H,6-7,9-10,13-15H2/t19-,24-/m1/s1. The van der Waals surface area contributed by atoms with Crippen molar-refractivity contribution in [2.24, 2.45) is 0 Å². The Hall–Kier alpha value is -2.36. The van der Waals surface area contributed by atoms with Gasteiger partial charge in [0, 0.05) is 55.2 Å². The SMILES string of the molecule is Fc1cc(OC[C@@H]2CO[C@@](Cn3ccnc3)(c3ccc(Cl)cc3Cl)O2)ccc1N1CCNCC1. The summed E-state index contributed by atoms with van der Waals surface area (Å²) in [4.78, 5) is 6.13. The molecule has 34 heavy (non-hydrogen) atoms. The Bertz CT molecular complexity index is 1130. The first-order valence-corrected chi connectivity index (χ1v) is 11.9. The Balaban J connectivity index is 1.28. The van der Waals surface area contributed by atoms with Crippen molar-refractivity contribution in [3.63, 3.8) is 0 Å². The highest BCUT2D eigenvalue weighted by atomic mass is 35.5. The summed E-state index contributed by atoms with van der Waals surface area (Å²) >= 11 is 12.6. The van der Waals surface area contributed by atoms with Gasteiger partial charge >= 0.3 is 0 Å². The number of piperazine rings is 1. The molecule has 1 N–H and O–H groups in total. The Morgan fingerprint density at radius 1 is 1.18 bits per heavy atom. The van der Waals surface area contributed by atoms with Crippen molar-refractivity contribution < 1.29 is 18.6 Å². The maximum atomic E-state index is 14.7. The highest BCUT2D eigenvalue weighted by Gasteiger charge is 2.45. The third-order valence-corrected chi connectivity index (χ3v) is 6.51. The summed E-state index contributed by atoms with van der Waals surface area (Å²) in [5.74, 6) is -0.990. The van der Waals surface area contributed by atoms with E-state index < -0.39 is 5.79 Å². The molecular formula is C24H25Cl2FN4O3. The van der Waals surface area contributed by atoms with Gasteiger partial charge in [-0.2, -0.15) is 0 Å². The van der Waals surface area contributed by atoms with Crippen LogP contribution in [0.2, 0.25) is 10.0 Å². The number of hydrogen-bond acceptors (Lipinski definition) is 6. The van der Waals surface area contributed by atoms with E-state index in [1.165, 1.54) is 6.07 Å². The van der Waals surface area contributed by atoms with Gasteiger partial charge in [-0.3, -0.25) is 0 Å². The second-order valence-electron chi connectivity index (χ2n) is 8.32. The van der Waals surface area contributed by atoms with Crippen LogP contribution in [0.1, 0.15) is 5.56 Å². The van der Waals surface area contributed by atoms with Crippen LogP contribution < -0.4 is 15.0 Å². The van der Waals surface area contributed by atoms with Gasteiger partial charge in [0.15, 0.2) is 0 Å². The maximum Gasteiger partial charge on any atom is 0.215 e. The molecule has 1 aromatic heterocycles. The molecule has 0 aliphatic carbocycles. The molecule has 2 fully saturated rings. The number of hydrogen-bond donors (Lipinski definition) is 1. The molecule has 2 aromatic carbocycles. The number of rotatable bonds is 7. The molecule has 0 spiro atoms. The second kappa shape index (κ2) is 10.1. The van der Waals surface area contributed by atoms with E-state index in [0.29, 0.717) is 33.6 Å². The zero-order valence-electron chi connectivity index (χ0n) is 18.4. The van der Waals surface area contributed by atoms with E-state index in [0.717, 1.165) is 26.2 Å². The normalized spacial score (nSPS) is 22.8. The summed E-state index contributed by atoms with van der Waals surface area (Å²) in [5, 5.41) is 4.24. The zero-order chi connectivity index (χ0) is 23.5. The first-order valence-electron chi connectivity index (χ1n) is 11.1. The van der Waals surface area contributed by atoms with Crippen LogP contribution in [-0.4, -0.2) is 55.0 Å². The average Bonchev–Trinajstić information content (AvgIpc) is 3.49. The van der Waals surface area contributed by atoms with Gasteiger partial charge in [-0.1, -0.05) is 29.3 Å². The number of halogens is 3. The maximum absolute atomic E-state index is 14.7. The Morgan fingerprint density at radius 2 is 2.03 bits per heavy atom. The van der Waals surface area contributed by atoms with Gasteiger partial charge in [0.2, 0.25) is 5.79 Å². The molecule has 0 radical (unpaired) electrons. The van der Waals surface area contributed by atoms with Crippen LogP contribution in [0.15, 0.2) is 55.1 Å². The summed E-state index contributed by atoms with van der Waals surface area (Å²) in [5.41, 5.74) is 1.26. The molecule has 5 rings (SSSR count). The highest BCUT2D eigenvalue weighted by molar-refractivity contribution is 6.35. The van der Waals surface area contributed by atoms with E-state index >= 15 is 0 Å². The number of anilines is 1. The topological polar surface area (TPSA) is 60.8 Å². The zero-order valence-corrected chi connectivity index (χ0v) is 19.9. The minimum absolute atomic E-state index is 0.198.